The van der Waals surface area contributed by atoms with Crippen molar-refractivity contribution < 1.29 is 0 Å². The maximum absolute atomic E-state index is 2.55. The molecule has 1 heteroatoms. The Morgan fingerprint density at radius 1 is 1.38 bits per heavy atom. The Hall–Kier alpha value is 0.730. The summed E-state index contributed by atoms with van der Waals surface area (Å²) in [5, 5.41) is 0. The van der Waals surface area contributed by atoms with Gasteiger partial charge in [-0.1, -0.05) is 69.0 Å². The van der Waals surface area contributed by atoms with E-state index in [4.69, 9.17) is 0 Å². The van der Waals surface area contributed by atoms with Crippen LogP contribution in [0.25, 0.3) is 0 Å². The third-order valence-corrected chi connectivity index (χ3v) is 5.76. The van der Waals surface area contributed by atoms with Crippen molar-refractivity contribution in [1.82, 2.24) is 0 Å². The minimum absolute atomic E-state index is 0.678. The quantitative estimate of drug-likeness (QED) is 0.393. The van der Waals surface area contributed by atoms with Gasteiger partial charge in [0.2, 0.25) is 0 Å². The van der Waals surface area contributed by atoms with E-state index < -0.39 is 0 Å². The average Bonchev–Trinajstić information content (AvgIpc) is 2.16. The molecule has 0 saturated heterocycles. The third kappa shape index (κ3) is 2.60. The predicted molar refractivity (Wildman–Crippen MR) is 68.4 cm³/mol. The van der Waals surface area contributed by atoms with Crippen molar-refractivity contribution in [3.63, 3.8) is 0 Å². The number of hydrogen-bond acceptors (Lipinski definition) is 0. The zero-order valence-electron chi connectivity index (χ0n) is 9.28. The molecule has 78 valence electrons. The van der Waals surface area contributed by atoms with Crippen LogP contribution in [0.4, 0.5) is 0 Å². The monoisotopic (exact) mass is 294 g/mol. The Labute approximate surface area is 97.0 Å². The molecule has 0 aromatic heterocycles. The summed E-state index contributed by atoms with van der Waals surface area (Å²) in [7, 11) is 0. The molecule has 13 heavy (non-hydrogen) atoms. The van der Waals surface area contributed by atoms with Crippen molar-refractivity contribution in [2.24, 2.45) is 17.3 Å². The third-order valence-electron chi connectivity index (χ3n) is 4.02. The van der Waals surface area contributed by atoms with E-state index in [0.717, 1.165) is 11.8 Å². The van der Waals surface area contributed by atoms with E-state index in [1.165, 1.54) is 36.5 Å². The lowest BCUT2D eigenvalue weighted by molar-refractivity contribution is 0.00355. The second-order valence-corrected chi connectivity index (χ2v) is 5.80. The summed E-state index contributed by atoms with van der Waals surface area (Å²) in [6.07, 6.45) is 7.24. The molecule has 0 bridgehead atoms. The van der Waals surface area contributed by atoms with Crippen LogP contribution in [0.15, 0.2) is 0 Å². The smallest absolute Gasteiger partial charge is 0.00521 e. The fourth-order valence-corrected chi connectivity index (χ4v) is 3.56. The normalized spacial score (nSPS) is 38.8. The van der Waals surface area contributed by atoms with Gasteiger partial charge in [-0.05, 0) is 23.7 Å². The number of hydrogen-bond donors (Lipinski definition) is 0. The van der Waals surface area contributed by atoms with Gasteiger partial charge in [0.1, 0.15) is 0 Å². The highest BCUT2D eigenvalue weighted by molar-refractivity contribution is 14.1. The molecule has 3 atom stereocenters. The van der Waals surface area contributed by atoms with Crippen molar-refractivity contribution in [3.8, 4) is 0 Å². The molecule has 1 rings (SSSR count). The van der Waals surface area contributed by atoms with Gasteiger partial charge in [0, 0.05) is 4.43 Å². The van der Waals surface area contributed by atoms with Crippen LogP contribution in [0.1, 0.15) is 52.9 Å². The molecule has 3 unspecified atom stereocenters. The highest BCUT2D eigenvalue weighted by Crippen LogP contribution is 2.53. The predicted octanol–water partition coefficient (Wildman–Crippen LogP) is 4.66. The molecular formula is C12H23I. The van der Waals surface area contributed by atoms with E-state index in [1.54, 1.807) is 0 Å². The van der Waals surface area contributed by atoms with E-state index in [2.05, 4.69) is 43.4 Å². The molecule has 0 N–H and O–H groups in total. The van der Waals surface area contributed by atoms with Gasteiger partial charge in [-0.3, -0.25) is 0 Å². The topological polar surface area (TPSA) is 0 Å². The van der Waals surface area contributed by atoms with Crippen molar-refractivity contribution in [3.05, 3.63) is 0 Å². The standard InChI is InChI=1S/C12H23I/c1-4-5-6-7-11-8-12(3,9-13)10(11)2/h10-11H,4-9H2,1-3H3. The van der Waals surface area contributed by atoms with Crippen LogP contribution in [0, 0.1) is 17.3 Å². The van der Waals surface area contributed by atoms with E-state index in [1.807, 2.05) is 0 Å². The summed E-state index contributed by atoms with van der Waals surface area (Å²) in [6.45, 7) is 7.21. The first-order valence-electron chi connectivity index (χ1n) is 5.70. The number of unbranched alkanes of at least 4 members (excludes halogenated alkanes) is 2. The van der Waals surface area contributed by atoms with E-state index in [-0.39, 0.29) is 0 Å². The lowest BCUT2D eigenvalue weighted by Crippen LogP contribution is -2.45. The van der Waals surface area contributed by atoms with Gasteiger partial charge in [0.25, 0.3) is 0 Å². The molecule has 0 radical (unpaired) electrons. The molecule has 0 spiro atoms. The summed E-state index contributed by atoms with van der Waals surface area (Å²) < 4.78 is 1.34. The Balaban J connectivity index is 2.19. The SMILES string of the molecule is CCCCCC1CC(C)(CI)C1C. The molecular weight excluding hydrogens is 271 g/mol. The summed E-state index contributed by atoms with van der Waals surface area (Å²) in [4.78, 5) is 0. The van der Waals surface area contributed by atoms with Gasteiger partial charge < -0.3 is 0 Å². The molecule has 1 aliphatic rings. The van der Waals surface area contributed by atoms with Crippen molar-refractivity contribution in [2.45, 2.75) is 52.9 Å². The first-order chi connectivity index (χ1) is 6.14. The summed E-state index contributed by atoms with van der Waals surface area (Å²) in [5.74, 6) is 2.02. The highest BCUT2D eigenvalue weighted by Gasteiger charge is 2.45. The Kier molecular flexibility index (Phi) is 4.53. The van der Waals surface area contributed by atoms with Gasteiger partial charge in [0.05, 0.1) is 0 Å². The number of alkyl halides is 1. The molecule has 0 aromatic carbocycles. The van der Waals surface area contributed by atoms with E-state index in [9.17, 15) is 0 Å². The van der Waals surface area contributed by atoms with E-state index >= 15 is 0 Å². The molecule has 0 aromatic rings. The fraction of sp³-hybridized carbons (Fsp3) is 1.00. The van der Waals surface area contributed by atoms with Gasteiger partial charge in [-0.15, -0.1) is 0 Å². The Morgan fingerprint density at radius 2 is 2.08 bits per heavy atom. The second-order valence-electron chi connectivity index (χ2n) is 5.04. The molecule has 1 saturated carbocycles. The maximum atomic E-state index is 2.55. The molecule has 0 heterocycles. The average molecular weight is 294 g/mol. The summed E-state index contributed by atoms with van der Waals surface area (Å²) in [5.41, 5.74) is 0.678. The van der Waals surface area contributed by atoms with Crippen LogP contribution in [0.2, 0.25) is 0 Å². The molecule has 1 fully saturated rings. The second kappa shape index (κ2) is 4.99. The van der Waals surface area contributed by atoms with Crippen molar-refractivity contribution in [2.75, 3.05) is 4.43 Å². The summed E-state index contributed by atoms with van der Waals surface area (Å²) in [6, 6.07) is 0. The zero-order valence-corrected chi connectivity index (χ0v) is 11.4. The van der Waals surface area contributed by atoms with E-state index in [0.29, 0.717) is 5.41 Å². The van der Waals surface area contributed by atoms with Gasteiger partial charge in [0.15, 0.2) is 0 Å². The number of halogens is 1. The largest absolute Gasteiger partial charge is 0.0858 e. The van der Waals surface area contributed by atoms with Crippen molar-refractivity contribution in [1.29, 1.82) is 0 Å². The summed E-state index contributed by atoms with van der Waals surface area (Å²) >= 11 is 2.55. The molecule has 0 amide bonds. The van der Waals surface area contributed by atoms with Crippen LogP contribution in [-0.2, 0) is 0 Å². The van der Waals surface area contributed by atoms with Crippen LogP contribution in [0.3, 0.4) is 0 Å². The zero-order chi connectivity index (χ0) is 9.90. The molecule has 0 nitrogen and oxygen atoms in total. The Bertz CT molecular complexity index is 155. The van der Waals surface area contributed by atoms with Gasteiger partial charge >= 0.3 is 0 Å². The van der Waals surface area contributed by atoms with Crippen LogP contribution >= 0.6 is 22.6 Å². The number of rotatable bonds is 5. The van der Waals surface area contributed by atoms with Gasteiger partial charge in [-0.2, -0.15) is 0 Å². The van der Waals surface area contributed by atoms with Crippen LogP contribution < -0.4 is 0 Å². The molecule has 1 aliphatic carbocycles. The maximum Gasteiger partial charge on any atom is 0.00521 e. The first kappa shape index (κ1) is 11.8. The lowest BCUT2D eigenvalue weighted by atomic mass is 9.55. The van der Waals surface area contributed by atoms with Crippen molar-refractivity contribution >= 4 is 22.6 Å². The minimum atomic E-state index is 0.678. The minimum Gasteiger partial charge on any atom is -0.0858 e. The van der Waals surface area contributed by atoms with Crippen LogP contribution in [-0.4, -0.2) is 4.43 Å². The highest BCUT2D eigenvalue weighted by atomic mass is 127. The fourth-order valence-electron chi connectivity index (χ4n) is 2.56. The van der Waals surface area contributed by atoms with Crippen LogP contribution in [0.5, 0.6) is 0 Å². The Morgan fingerprint density at radius 3 is 2.54 bits per heavy atom. The lowest BCUT2D eigenvalue weighted by Gasteiger charge is -2.51. The first-order valence-corrected chi connectivity index (χ1v) is 7.22. The molecule has 0 aliphatic heterocycles. The van der Waals surface area contributed by atoms with Gasteiger partial charge in [-0.25, -0.2) is 0 Å².